The van der Waals surface area contributed by atoms with Gasteiger partial charge in [0.05, 0.1) is 23.6 Å². The summed E-state index contributed by atoms with van der Waals surface area (Å²) in [5.74, 6) is -0.162. The van der Waals surface area contributed by atoms with Gasteiger partial charge in [0.25, 0.3) is 5.91 Å². The molecular formula is C20H16BrNO4. The van der Waals surface area contributed by atoms with Crippen LogP contribution in [0.15, 0.2) is 62.2 Å². The lowest BCUT2D eigenvalue weighted by molar-refractivity contribution is 0.0663. The van der Waals surface area contributed by atoms with Crippen molar-refractivity contribution in [1.29, 1.82) is 0 Å². The molecule has 6 heteroatoms. The van der Waals surface area contributed by atoms with Crippen molar-refractivity contribution >= 4 is 32.8 Å². The Morgan fingerprint density at radius 3 is 2.58 bits per heavy atom. The number of rotatable bonds is 4. The third-order valence-corrected chi connectivity index (χ3v) is 5.12. The highest BCUT2D eigenvalue weighted by Crippen LogP contribution is 2.38. The van der Waals surface area contributed by atoms with E-state index < -0.39 is 6.04 Å². The molecule has 1 aromatic heterocycles. The van der Waals surface area contributed by atoms with Crippen molar-refractivity contribution in [1.82, 2.24) is 4.90 Å². The molecule has 0 saturated carbocycles. The Balaban J connectivity index is 1.96. The van der Waals surface area contributed by atoms with Crippen molar-refractivity contribution in [3.05, 3.63) is 80.1 Å². The second-order valence-corrected chi connectivity index (χ2v) is 7.03. The van der Waals surface area contributed by atoms with E-state index in [1.54, 1.807) is 36.3 Å². The predicted molar refractivity (Wildman–Crippen MR) is 101 cm³/mol. The fourth-order valence-electron chi connectivity index (χ4n) is 3.38. The summed E-state index contributed by atoms with van der Waals surface area (Å²) in [7, 11) is 1.58. The molecule has 0 spiro atoms. The van der Waals surface area contributed by atoms with Crippen molar-refractivity contribution in [2.24, 2.45) is 0 Å². The quantitative estimate of drug-likeness (QED) is 0.653. The van der Waals surface area contributed by atoms with Gasteiger partial charge < -0.3 is 14.1 Å². The van der Waals surface area contributed by atoms with Crippen molar-refractivity contribution in [3.8, 4) is 0 Å². The normalized spacial score (nSPS) is 16.3. The van der Waals surface area contributed by atoms with Gasteiger partial charge in [0.15, 0.2) is 5.43 Å². The molecule has 1 atom stereocenters. The number of ether oxygens (including phenoxy) is 1. The zero-order valence-corrected chi connectivity index (χ0v) is 15.7. The van der Waals surface area contributed by atoms with Gasteiger partial charge in [-0.1, -0.05) is 40.2 Å². The van der Waals surface area contributed by atoms with Crippen LogP contribution >= 0.6 is 15.9 Å². The number of hydrogen-bond donors (Lipinski definition) is 0. The van der Waals surface area contributed by atoms with Crippen LogP contribution in [0.25, 0.3) is 11.0 Å². The zero-order valence-electron chi connectivity index (χ0n) is 14.1. The molecule has 5 nitrogen and oxygen atoms in total. The van der Waals surface area contributed by atoms with Crippen LogP contribution in [0.1, 0.15) is 27.7 Å². The fraction of sp³-hybridized carbons (Fsp3) is 0.200. The van der Waals surface area contributed by atoms with E-state index in [1.807, 2.05) is 24.3 Å². The van der Waals surface area contributed by atoms with Crippen molar-refractivity contribution in [2.45, 2.75) is 6.04 Å². The molecule has 0 bridgehead atoms. The molecule has 2 heterocycles. The average Bonchev–Trinajstić information content (AvgIpc) is 2.93. The second-order valence-electron chi connectivity index (χ2n) is 6.12. The Morgan fingerprint density at radius 1 is 1.12 bits per heavy atom. The molecule has 0 N–H and O–H groups in total. The lowest BCUT2D eigenvalue weighted by atomic mass is 9.98. The van der Waals surface area contributed by atoms with Gasteiger partial charge >= 0.3 is 0 Å². The molecule has 1 amide bonds. The van der Waals surface area contributed by atoms with Crippen LogP contribution in [0.4, 0.5) is 0 Å². The monoisotopic (exact) mass is 413 g/mol. The van der Waals surface area contributed by atoms with Gasteiger partial charge in [-0.2, -0.15) is 0 Å². The number of halogens is 1. The Labute approximate surface area is 158 Å². The van der Waals surface area contributed by atoms with Crippen molar-refractivity contribution in [3.63, 3.8) is 0 Å². The molecule has 132 valence electrons. The number of carbonyl (C=O) groups excluding carboxylic acids is 1. The maximum atomic E-state index is 13.2. The third-order valence-electron chi connectivity index (χ3n) is 4.60. The summed E-state index contributed by atoms with van der Waals surface area (Å²) in [6, 6.07) is 14.1. The van der Waals surface area contributed by atoms with Gasteiger partial charge in [0, 0.05) is 18.1 Å². The first-order valence-corrected chi connectivity index (χ1v) is 9.02. The summed E-state index contributed by atoms with van der Waals surface area (Å²) in [4.78, 5) is 27.8. The third kappa shape index (κ3) is 2.66. The second kappa shape index (κ2) is 6.70. The molecule has 1 aliphatic heterocycles. The Bertz CT molecular complexity index is 1040. The van der Waals surface area contributed by atoms with Gasteiger partial charge in [-0.05, 0) is 29.8 Å². The van der Waals surface area contributed by atoms with E-state index in [1.165, 1.54) is 0 Å². The summed E-state index contributed by atoms with van der Waals surface area (Å²) in [6.07, 6.45) is 0. The lowest BCUT2D eigenvalue weighted by Crippen LogP contribution is -2.32. The number of amides is 1. The number of carbonyl (C=O) groups is 1. The first-order chi connectivity index (χ1) is 12.6. The van der Waals surface area contributed by atoms with Crippen LogP contribution in [0.3, 0.4) is 0 Å². The molecule has 1 aliphatic rings. The largest absolute Gasteiger partial charge is 0.450 e. The molecule has 3 aromatic rings. The minimum atomic E-state index is -0.485. The number of hydrogen-bond acceptors (Lipinski definition) is 4. The maximum absolute atomic E-state index is 13.2. The number of benzene rings is 2. The molecular weight excluding hydrogens is 398 g/mol. The minimum Gasteiger partial charge on any atom is -0.450 e. The Kier molecular flexibility index (Phi) is 4.38. The highest BCUT2D eigenvalue weighted by atomic mass is 79.9. The van der Waals surface area contributed by atoms with Crippen LogP contribution in [0, 0.1) is 0 Å². The molecule has 0 unspecified atom stereocenters. The topological polar surface area (TPSA) is 59.8 Å². The minimum absolute atomic E-state index is 0.123. The standard InChI is InChI=1S/C20H16BrNO4/c1-25-11-10-22-17(12-6-8-13(21)9-7-12)16-18(23)14-4-2-3-5-15(14)26-19(16)20(22)24/h2-9,17H,10-11H2,1H3/t17-/m1/s1. The van der Waals surface area contributed by atoms with E-state index in [9.17, 15) is 9.59 Å². The van der Waals surface area contributed by atoms with E-state index in [-0.39, 0.29) is 17.1 Å². The van der Waals surface area contributed by atoms with Gasteiger partial charge in [-0.25, -0.2) is 0 Å². The molecule has 0 aliphatic carbocycles. The smallest absolute Gasteiger partial charge is 0.290 e. The fourth-order valence-corrected chi connectivity index (χ4v) is 3.64. The zero-order chi connectivity index (χ0) is 18.3. The Morgan fingerprint density at radius 2 is 1.85 bits per heavy atom. The van der Waals surface area contributed by atoms with Crippen molar-refractivity contribution in [2.75, 3.05) is 20.3 Å². The number of fused-ring (bicyclic) bond motifs is 2. The lowest BCUT2D eigenvalue weighted by Gasteiger charge is -2.24. The number of nitrogens with zero attached hydrogens (tertiary/aromatic N) is 1. The van der Waals surface area contributed by atoms with E-state index >= 15 is 0 Å². The van der Waals surface area contributed by atoms with E-state index in [0.29, 0.717) is 29.7 Å². The summed E-state index contributed by atoms with van der Waals surface area (Å²) >= 11 is 3.42. The predicted octanol–water partition coefficient (Wildman–Crippen LogP) is 3.75. The van der Waals surface area contributed by atoms with Gasteiger partial charge in [0.1, 0.15) is 5.58 Å². The first-order valence-electron chi connectivity index (χ1n) is 8.23. The highest BCUT2D eigenvalue weighted by Gasteiger charge is 2.42. The van der Waals surface area contributed by atoms with E-state index in [2.05, 4.69) is 15.9 Å². The van der Waals surface area contributed by atoms with Crippen LogP contribution in [0.2, 0.25) is 0 Å². The van der Waals surface area contributed by atoms with Crippen molar-refractivity contribution < 1.29 is 13.9 Å². The summed E-state index contributed by atoms with van der Waals surface area (Å²) in [5.41, 5.74) is 1.52. The van der Waals surface area contributed by atoms with Gasteiger partial charge in [0.2, 0.25) is 5.76 Å². The molecule has 0 fully saturated rings. The number of methoxy groups -OCH3 is 1. The van der Waals surface area contributed by atoms with Crippen LogP contribution in [0.5, 0.6) is 0 Å². The molecule has 4 rings (SSSR count). The van der Waals surface area contributed by atoms with E-state index in [0.717, 1.165) is 10.0 Å². The maximum Gasteiger partial charge on any atom is 0.290 e. The summed E-state index contributed by atoms with van der Waals surface area (Å²) < 4.78 is 11.9. The highest BCUT2D eigenvalue weighted by molar-refractivity contribution is 9.10. The van der Waals surface area contributed by atoms with E-state index in [4.69, 9.17) is 9.15 Å². The van der Waals surface area contributed by atoms with Crippen LogP contribution in [-0.2, 0) is 4.74 Å². The van der Waals surface area contributed by atoms with Gasteiger partial charge in [-0.15, -0.1) is 0 Å². The van der Waals surface area contributed by atoms with Crippen LogP contribution < -0.4 is 5.43 Å². The Hall–Kier alpha value is -2.44. The van der Waals surface area contributed by atoms with Crippen LogP contribution in [-0.4, -0.2) is 31.1 Å². The molecule has 0 saturated heterocycles. The summed E-state index contributed by atoms with van der Waals surface area (Å²) in [5, 5.41) is 0.481. The van der Waals surface area contributed by atoms with Gasteiger partial charge in [-0.3, -0.25) is 9.59 Å². The molecule has 26 heavy (non-hydrogen) atoms. The molecule has 2 aromatic carbocycles. The molecule has 0 radical (unpaired) electrons. The number of para-hydroxylation sites is 1. The first kappa shape index (κ1) is 17.0. The average molecular weight is 414 g/mol. The summed E-state index contributed by atoms with van der Waals surface area (Å²) in [6.45, 7) is 0.747. The SMILES string of the molecule is COCCN1C(=O)c2oc3ccccc3c(=O)c2[C@H]1c1ccc(Br)cc1.